The first-order valence-corrected chi connectivity index (χ1v) is 11.3. The molecule has 6 N–H and O–H groups in total. The van der Waals surface area contributed by atoms with Crippen LogP contribution in [0.5, 0.6) is 0 Å². The molecular weight excluding hydrogens is 436 g/mol. The summed E-state index contributed by atoms with van der Waals surface area (Å²) in [6, 6.07) is 6.63. The SMILES string of the molecule is Cc1cnn(C2CC(n3cnc4c(N)nc(NC5c6ccccc6CC5O)nc43)C(O)C2O)c1. The van der Waals surface area contributed by atoms with Crippen molar-refractivity contribution in [3.8, 4) is 0 Å². The van der Waals surface area contributed by atoms with E-state index >= 15 is 0 Å². The van der Waals surface area contributed by atoms with E-state index in [2.05, 4.69) is 25.4 Å². The molecule has 1 saturated carbocycles. The number of nitrogens with two attached hydrogens (primary N) is 1. The highest BCUT2D eigenvalue weighted by molar-refractivity contribution is 5.83. The summed E-state index contributed by atoms with van der Waals surface area (Å²) in [7, 11) is 0. The van der Waals surface area contributed by atoms with E-state index < -0.39 is 24.4 Å². The third-order valence-electron chi connectivity index (χ3n) is 6.99. The van der Waals surface area contributed by atoms with Gasteiger partial charge in [0, 0.05) is 12.6 Å². The number of anilines is 2. The van der Waals surface area contributed by atoms with Gasteiger partial charge < -0.3 is 30.9 Å². The molecule has 0 radical (unpaired) electrons. The van der Waals surface area contributed by atoms with E-state index in [0.717, 1.165) is 16.7 Å². The summed E-state index contributed by atoms with van der Waals surface area (Å²) in [6.45, 7) is 1.93. The maximum Gasteiger partial charge on any atom is 0.227 e. The van der Waals surface area contributed by atoms with Crippen molar-refractivity contribution in [1.29, 1.82) is 0 Å². The van der Waals surface area contributed by atoms with Crippen LogP contribution in [0.1, 0.15) is 41.2 Å². The van der Waals surface area contributed by atoms with Crippen molar-refractivity contribution in [2.75, 3.05) is 11.1 Å². The second-order valence-corrected chi connectivity index (χ2v) is 9.20. The Balaban J connectivity index is 1.34. The Bertz CT molecular complexity index is 1370. The molecule has 1 aromatic carbocycles. The molecule has 11 nitrogen and oxygen atoms in total. The van der Waals surface area contributed by atoms with Gasteiger partial charge in [-0.15, -0.1) is 0 Å². The summed E-state index contributed by atoms with van der Waals surface area (Å²) in [4.78, 5) is 13.4. The maximum atomic E-state index is 10.9. The number of nitrogen functional groups attached to an aromatic ring is 1. The molecule has 3 heterocycles. The number of aromatic nitrogens is 6. The smallest absolute Gasteiger partial charge is 0.227 e. The fraction of sp³-hybridized carbons (Fsp3) is 0.391. The average Bonchev–Trinajstić information content (AvgIpc) is 3.56. The standard InChI is InChI=1S/C23H26N8O3/c1-11-8-26-31(9-11)15-7-14(19(33)20(15)34)30-10-25-18-21(24)28-23(29-22(18)30)27-17-13-5-3-2-4-12(13)6-16(17)32/h2-5,8-10,14-17,19-20,32-34H,6-7H2,1H3,(H3,24,27,28,29). The van der Waals surface area contributed by atoms with E-state index in [-0.39, 0.29) is 23.8 Å². The van der Waals surface area contributed by atoms with Crippen molar-refractivity contribution >= 4 is 22.9 Å². The largest absolute Gasteiger partial charge is 0.390 e. The van der Waals surface area contributed by atoms with Crippen LogP contribution in [-0.2, 0) is 6.42 Å². The molecule has 6 rings (SSSR count). The van der Waals surface area contributed by atoms with Crippen LogP contribution in [0.4, 0.5) is 11.8 Å². The highest BCUT2D eigenvalue weighted by Gasteiger charge is 2.44. The summed E-state index contributed by atoms with van der Waals surface area (Å²) in [6.07, 6.45) is 3.47. The number of fused-ring (bicyclic) bond motifs is 2. The van der Waals surface area contributed by atoms with Gasteiger partial charge in [-0.2, -0.15) is 15.1 Å². The molecule has 3 aromatic heterocycles. The number of nitrogens with zero attached hydrogens (tertiary/aromatic N) is 6. The molecule has 6 unspecified atom stereocenters. The van der Waals surface area contributed by atoms with Gasteiger partial charge in [0.2, 0.25) is 5.95 Å². The average molecular weight is 463 g/mol. The van der Waals surface area contributed by atoms with Crippen LogP contribution >= 0.6 is 0 Å². The van der Waals surface area contributed by atoms with Crippen LogP contribution in [0.2, 0.25) is 0 Å². The second kappa shape index (κ2) is 7.76. The fourth-order valence-electron chi connectivity index (χ4n) is 5.27. The lowest BCUT2D eigenvalue weighted by atomic mass is 10.1. The number of aliphatic hydroxyl groups excluding tert-OH is 3. The van der Waals surface area contributed by atoms with E-state index in [9.17, 15) is 15.3 Å². The van der Waals surface area contributed by atoms with Gasteiger partial charge in [-0.05, 0) is 30.0 Å². The number of rotatable bonds is 4. The summed E-state index contributed by atoms with van der Waals surface area (Å²) in [5, 5.41) is 39.8. The third kappa shape index (κ3) is 3.23. The molecular formula is C23H26N8O3. The Morgan fingerprint density at radius 2 is 1.88 bits per heavy atom. The maximum absolute atomic E-state index is 10.9. The molecule has 2 aliphatic rings. The predicted molar refractivity (Wildman–Crippen MR) is 124 cm³/mol. The number of nitrogens with one attached hydrogen (secondary N) is 1. The number of aliphatic hydroxyl groups is 3. The van der Waals surface area contributed by atoms with Gasteiger partial charge in [0.05, 0.1) is 36.8 Å². The van der Waals surface area contributed by atoms with Crippen molar-refractivity contribution in [3.05, 3.63) is 59.7 Å². The quantitative estimate of drug-likeness (QED) is 0.297. The van der Waals surface area contributed by atoms with Gasteiger partial charge in [-0.1, -0.05) is 24.3 Å². The first-order chi connectivity index (χ1) is 16.4. The normalized spacial score (nSPS) is 28.5. The fourth-order valence-corrected chi connectivity index (χ4v) is 5.27. The Morgan fingerprint density at radius 3 is 2.68 bits per heavy atom. The van der Waals surface area contributed by atoms with E-state index in [0.29, 0.717) is 24.0 Å². The van der Waals surface area contributed by atoms with Crippen LogP contribution in [0.15, 0.2) is 43.0 Å². The lowest BCUT2D eigenvalue weighted by molar-refractivity contribution is 0.00722. The van der Waals surface area contributed by atoms with Gasteiger partial charge in [0.25, 0.3) is 0 Å². The molecule has 0 aliphatic heterocycles. The minimum absolute atomic E-state index is 0.194. The van der Waals surface area contributed by atoms with Crippen molar-refractivity contribution in [2.24, 2.45) is 0 Å². The molecule has 11 heteroatoms. The monoisotopic (exact) mass is 462 g/mol. The molecule has 4 aromatic rings. The van der Waals surface area contributed by atoms with E-state index in [1.807, 2.05) is 37.4 Å². The molecule has 2 aliphatic carbocycles. The van der Waals surface area contributed by atoms with Gasteiger partial charge in [-0.25, -0.2) is 4.98 Å². The summed E-state index contributed by atoms with van der Waals surface area (Å²) >= 11 is 0. The Hall–Kier alpha value is -3.54. The molecule has 0 amide bonds. The van der Waals surface area contributed by atoms with Crippen LogP contribution in [-0.4, -0.2) is 62.9 Å². The van der Waals surface area contributed by atoms with Crippen LogP contribution < -0.4 is 11.1 Å². The van der Waals surface area contributed by atoms with Crippen molar-refractivity contribution in [1.82, 2.24) is 29.3 Å². The first kappa shape index (κ1) is 21.0. The Labute approximate surface area is 194 Å². The third-order valence-corrected chi connectivity index (χ3v) is 6.99. The van der Waals surface area contributed by atoms with E-state index in [4.69, 9.17) is 5.73 Å². The zero-order valence-corrected chi connectivity index (χ0v) is 18.5. The number of hydrogen-bond acceptors (Lipinski definition) is 9. The first-order valence-electron chi connectivity index (χ1n) is 11.3. The van der Waals surface area contributed by atoms with Gasteiger partial charge in [0.15, 0.2) is 11.5 Å². The molecule has 6 atom stereocenters. The predicted octanol–water partition coefficient (Wildman–Crippen LogP) is 0.892. The highest BCUT2D eigenvalue weighted by atomic mass is 16.3. The zero-order chi connectivity index (χ0) is 23.6. The molecule has 0 saturated heterocycles. The van der Waals surface area contributed by atoms with Crippen LogP contribution in [0.25, 0.3) is 11.2 Å². The lowest BCUT2D eigenvalue weighted by Gasteiger charge is -2.20. The molecule has 0 spiro atoms. The second-order valence-electron chi connectivity index (χ2n) is 9.20. The summed E-state index contributed by atoms with van der Waals surface area (Å²) < 4.78 is 3.43. The minimum atomic E-state index is -1.04. The number of imidazole rings is 1. The summed E-state index contributed by atoms with van der Waals surface area (Å²) in [5.74, 6) is 0.457. The summed E-state index contributed by atoms with van der Waals surface area (Å²) in [5.41, 5.74) is 10.1. The van der Waals surface area contributed by atoms with Gasteiger partial charge in [-0.3, -0.25) is 4.68 Å². The number of aryl methyl sites for hydroxylation is 1. The number of benzene rings is 1. The highest BCUT2D eigenvalue weighted by Crippen LogP contribution is 2.40. The Kier molecular flexibility index (Phi) is 4.80. The van der Waals surface area contributed by atoms with Crippen molar-refractivity contribution < 1.29 is 15.3 Å². The number of hydrogen-bond donors (Lipinski definition) is 5. The minimum Gasteiger partial charge on any atom is -0.390 e. The van der Waals surface area contributed by atoms with Crippen molar-refractivity contribution in [3.63, 3.8) is 0 Å². The van der Waals surface area contributed by atoms with Gasteiger partial charge >= 0.3 is 0 Å². The van der Waals surface area contributed by atoms with Crippen LogP contribution in [0, 0.1) is 6.92 Å². The van der Waals surface area contributed by atoms with Crippen molar-refractivity contribution in [2.45, 2.75) is 56.2 Å². The Morgan fingerprint density at radius 1 is 1.09 bits per heavy atom. The lowest BCUT2D eigenvalue weighted by Crippen LogP contribution is -2.30. The molecule has 176 valence electrons. The van der Waals surface area contributed by atoms with Crippen LogP contribution in [0.3, 0.4) is 0 Å². The molecule has 34 heavy (non-hydrogen) atoms. The molecule has 1 fully saturated rings. The zero-order valence-electron chi connectivity index (χ0n) is 18.5. The van der Waals surface area contributed by atoms with Gasteiger partial charge in [0.1, 0.15) is 17.7 Å². The topological polar surface area (TPSA) is 160 Å². The van der Waals surface area contributed by atoms with E-state index in [1.165, 1.54) is 0 Å². The van der Waals surface area contributed by atoms with E-state index in [1.54, 1.807) is 21.8 Å². The molecule has 0 bridgehead atoms.